The Bertz CT molecular complexity index is 550. The van der Waals surface area contributed by atoms with Gasteiger partial charge in [0.15, 0.2) is 0 Å². The van der Waals surface area contributed by atoms with Crippen molar-refractivity contribution in [3.05, 3.63) is 24.0 Å². The number of halogens is 1. The van der Waals surface area contributed by atoms with Crippen molar-refractivity contribution in [2.75, 3.05) is 31.6 Å². The maximum atomic E-state index is 14.0. The monoisotopic (exact) mass is 308 g/mol. The van der Waals surface area contributed by atoms with Crippen molar-refractivity contribution in [3.8, 4) is 5.75 Å². The standard InChI is InChI=1S/C16H21FN2O3/c1-2-21-12-3-4-14(13(17)11-12)18-15(20)19-8-5-16(6-9-19)7-10-22-16/h3-4,11H,2,5-10H2,1H3,(H,18,20). The van der Waals surface area contributed by atoms with Crippen LogP contribution in [0.15, 0.2) is 18.2 Å². The molecule has 0 aromatic heterocycles. The van der Waals surface area contributed by atoms with Crippen molar-refractivity contribution in [2.24, 2.45) is 0 Å². The molecule has 22 heavy (non-hydrogen) atoms. The van der Waals surface area contributed by atoms with E-state index in [0.29, 0.717) is 25.4 Å². The van der Waals surface area contributed by atoms with Gasteiger partial charge in [-0.2, -0.15) is 0 Å². The molecule has 3 rings (SSSR count). The van der Waals surface area contributed by atoms with Crippen LogP contribution < -0.4 is 10.1 Å². The number of ether oxygens (including phenoxy) is 2. The number of likely N-dealkylation sites (tertiary alicyclic amines) is 1. The molecule has 120 valence electrons. The highest BCUT2D eigenvalue weighted by Crippen LogP contribution is 2.36. The van der Waals surface area contributed by atoms with Crippen LogP contribution in [0, 0.1) is 5.82 Å². The van der Waals surface area contributed by atoms with Crippen LogP contribution in [0.3, 0.4) is 0 Å². The SMILES string of the molecule is CCOc1ccc(NC(=O)N2CCC3(CCO3)CC2)c(F)c1. The summed E-state index contributed by atoms with van der Waals surface area (Å²) in [4.78, 5) is 13.9. The number of amides is 2. The van der Waals surface area contributed by atoms with Crippen molar-refractivity contribution in [3.63, 3.8) is 0 Å². The van der Waals surface area contributed by atoms with Gasteiger partial charge in [-0.15, -0.1) is 0 Å². The molecule has 2 heterocycles. The molecule has 1 N–H and O–H groups in total. The molecule has 6 heteroatoms. The van der Waals surface area contributed by atoms with Crippen LogP contribution in [-0.2, 0) is 4.74 Å². The van der Waals surface area contributed by atoms with E-state index >= 15 is 0 Å². The van der Waals surface area contributed by atoms with Gasteiger partial charge in [0.2, 0.25) is 0 Å². The highest BCUT2D eigenvalue weighted by molar-refractivity contribution is 5.89. The molecule has 5 nitrogen and oxygen atoms in total. The molecule has 2 saturated heterocycles. The van der Waals surface area contributed by atoms with Crippen LogP contribution >= 0.6 is 0 Å². The van der Waals surface area contributed by atoms with Crippen LogP contribution in [0.4, 0.5) is 14.9 Å². The lowest BCUT2D eigenvalue weighted by Gasteiger charge is -2.47. The van der Waals surface area contributed by atoms with Crippen LogP contribution in [0.25, 0.3) is 0 Å². The van der Waals surface area contributed by atoms with Gasteiger partial charge < -0.3 is 19.7 Å². The minimum atomic E-state index is -0.491. The summed E-state index contributed by atoms with van der Waals surface area (Å²) in [7, 11) is 0. The minimum Gasteiger partial charge on any atom is -0.494 e. The molecule has 2 aliphatic heterocycles. The van der Waals surface area contributed by atoms with Crippen molar-refractivity contribution >= 4 is 11.7 Å². The van der Waals surface area contributed by atoms with Gasteiger partial charge in [-0.3, -0.25) is 0 Å². The molecule has 0 aliphatic carbocycles. The van der Waals surface area contributed by atoms with Gasteiger partial charge in [0.25, 0.3) is 0 Å². The summed E-state index contributed by atoms with van der Waals surface area (Å²) >= 11 is 0. The van der Waals surface area contributed by atoms with Gasteiger partial charge in [-0.25, -0.2) is 9.18 Å². The van der Waals surface area contributed by atoms with E-state index in [9.17, 15) is 9.18 Å². The number of urea groups is 1. The third kappa shape index (κ3) is 3.02. The summed E-state index contributed by atoms with van der Waals surface area (Å²) in [6.07, 6.45) is 2.79. The summed E-state index contributed by atoms with van der Waals surface area (Å²) in [6, 6.07) is 4.19. The summed E-state index contributed by atoms with van der Waals surface area (Å²) in [5, 5.41) is 2.63. The van der Waals surface area contributed by atoms with Crippen molar-refractivity contribution in [1.82, 2.24) is 4.90 Å². The molecule has 2 aliphatic rings. The average Bonchev–Trinajstić information content (AvgIpc) is 2.49. The number of nitrogens with zero attached hydrogens (tertiary/aromatic N) is 1. The zero-order valence-electron chi connectivity index (χ0n) is 12.7. The molecule has 2 fully saturated rings. The van der Waals surface area contributed by atoms with E-state index in [4.69, 9.17) is 9.47 Å². The van der Waals surface area contributed by atoms with Crippen LogP contribution in [-0.4, -0.2) is 42.8 Å². The third-order valence-electron chi connectivity index (χ3n) is 4.42. The maximum Gasteiger partial charge on any atom is 0.321 e. The Kier molecular flexibility index (Phi) is 4.20. The van der Waals surface area contributed by atoms with E-state index in [-0.39, 0.29) is 17.3 Å². The molecule has 0 unspecified atom stereocenters. The molecular formula is C16H21FN2O3. The van der Waals surface area contributed by atoms with Crippen molar-refractivity contribution in [1.29, 1.82) is 0 Å². The number of rotatable bonds is 3. The van der Waals surface area contributed by atoms with Crippen molar-refractivity contribution < 1.29 is 18.7 Å². The zero-order chi connectivity index (χ0) is 15.6. The molecule has 0 saturated carbocycles. The number of piperidine rings is 1. The Morgan fingerprint density at radius 1 is 1.41 bits per heavy atom. The Labute approximate surface area is 129 Å². The van der Waals surface area contributed by atoms with E-state index in [1.807, 2.05) is 6.92 Å². The predicted molar refractivity (Wildman–Crippen MR) is 80.7 cm³/mol. The molecule has 1 aromatic rings. The summed E-state index contributed by atoms with van der Waals surface area (Å²) in [5.41, 5.74) is 0.176. The molecule has 1 aromatic carbocycles. The van der Waals surface area contributed by atoms with Crippen LogP contribution in [0.2, 0.25) is 0 Å². The number of benzene rings is 1. The quantitative estimate of drug-likeness (QED) is 0.934. The Balaban J connectivity index is 1.57. The number of hydrogen-bond donors (Lipinski definition) is 1. The first-order valence-corrected chi connectivity index (χ1v) is 7.74. The number of carbonyl (C=O) groups excluding carboxylic acids is 1. The van der Waals surface area contributed by atoms with Crippen molar-refractivity contribution in [2.45, 2.75) is 31.8 Å². The Hall–Kier alpha value is -1.82. The molecular weight excluding hydrogens is 287 g/mol. The highest BCUT2D eigenvalue weighted by atomic mass is 19.1. The fraction of sp³-hybridized carbons (Fsp3) is 0.562. The smallest absolute Gasteiger partial charge is 0.321 e. The predicted octanol–water partition coefficient (Wildman–Crippen LogP) is 3.01. The Morgan fingerprint density at radius 2 is 2.14 bits per heavy atom. The number of carbonyl (C=O) groups is 1. The Morgan fingerprint density at radius 3 is 2.68 bits per heavy atom. The normalized spacial score (nSPS) is 19.6. The third-order valence-corrected chi connectivity index (χ3v) is 4.42. The summed E-state index contributed by atoms with van der Waals surface area (Å²) in [5.74, 6) is -0.0323. The lowest BCUT2D eigenvalue weighted by molar-refractivity contribution is -0.168. The van der Waals surface area contributed by atoms with Crippen LogP contribution in [0.5, 0.6) is 5.75 Å². The van der Waals surface area contributed by atoms with E-state index in [1.165, 1.54) is 12.1 Å². The van der Waals surface area contributed by atoms with E-state index in [2.05, 4.69) is 5.32 Å². The van der Waals surface area contributed by atoms with Gasteiger partial charge in [-0.1, -0.05) is 0 Å². The summed E-state index contributed by atoms with van der Waals surface area (Å²) in [6.45, 7) is 4.42. The molecule has 0 bridgehead atoms. The van der Waals surface area contributed by atoms with Gasteiger partial charge in [0.1, 0.15) is 11.6 Å². The highest BCUT2D eigenvalue weighted by Gasteiger charge is 2.41. The van der Waals surface area contributed by atoms with Gasteiger partial charge in [0, 0.05) is 19.2 Å². The average molecular weight is 308 g/mol. The molecule has 0 radical (unpaired) electrons. The van der Waals surface area contributed by atoms with Gasteiger partial charge in [0.05, 0.1) is 24.5 Å². The zero-order valence-corrected chi connectivity index (χ0v) is 12.7. The number of hydrogen-bond acceptors (Lipinski definition) is 3. The molecule has 2 amide bonds. The van der Waals surface area contributed by atoms with Gasteiger partial charge >= 0.3 is 6.03 Å². The maximum absolute atomic E-state index is 14.0. The van der Waals surface area contributed by atoms with Gasteiger partial charge in [-0.05, 0) is 38.3 Å². The fourth-order valence-electron chi connectivity index (χ4n) is 2.95. The first-order valence-electron chi connectivity index (χ1n) is 7.74. The number of nitrogens with one attached hydrogen (secondary N) is 1. The second kappa shape index (κ2) is 6.12. The summed E-state index contributed by atoms with van der Waals surface area (Å²) < 4.78 is 24.8. The van der Waals surface area contributed by atoms with Crippen LogP contribution in [0.1, 0.15) is 26.2 Å². The second-order valence-corrected chi connectivity index (χ2v) is 5.77. The lowest BCUT2D eigenvalue weighted by atomic mass is 9.84. The lowest BCUT2D eigenvalue weighted by Crippen LogP contribution is -2.54. The largest absolute Gasteiger partial charge is 0.494 e. The second-order valence-electron chi connectivity index (χ2n) is 5.77. The topological polar surface area (TPSA) is 50.8 Å². The van der Waals surface area contributed by atoms with E-state index < -0.39 is 5.82 Å². The first-order chi connectivity index (χ1) is 10.6. The fourth-order valence-corrected chi connectivity index (χ4v) is 2.95. The first kappa shape index (κ1) is 15.1. The van der Waals surface area contributed by atoms with E-state index in [1.54, 1.807) is 11.0 Å². The van der Waals surface area contributed by atoms with E-state index in [0.717, 1.165) is 25.9 Å². The molecule has 1 spiro atoms. The molecule has 0 atom stereocenters. The minimum absolute atomic E-state index is 0.00116. The number of anilines is 1.